The highest BCUT2D eigenvalue weighted by atomic mass is 16.3. The Morgan fingerprint density at radius 1 is 1.10 bits per heavy atom. The van der Waals surface area contributed by atoms with E-state index in [0.29, 0.717) is 6.04 Å². The number of piperidine rings is 2. The second-order valence-electron chi connectivity index (χ2n) is 8.28. The van der Waals surface area contributed by atoms with Crippen molar-refractivity contribution in [3.8, 4) is 0 Å². The van der Waals surface area contributed by atoms with Gasteiger partial charge in [0.25, 0.3) is 0 Å². The number of pyridine rings is 1. The summed E-state index contributed by atoms with van der Waals surface area (Å²) in [5.74, 6) is 1.01. The number of hydrogen-bond acceptors (Lipinski definition) is 4. The number of hydrogen-bond donors (Lipinski definition) is 1. The van der Waals surface area contributed by atoms with Crippen LogP contribution < -0.4 is 5.32 Å². The van der Waals surface area contributed by atoms with Crippen molar-refractivity contribution in [2.75, 3.05) is 19.6 Å². The summed E-state index contributed by atoms with van der Waals surface area (Å²) >= 11 is 0. The first-order valence-electron chi connectivity index (χ1n) is 11.0. The molecule has 1 atom stereocenters. The van der Waals surface area contributed by atoms with Crippen molar-refractivity contribution >= 4 is 6.03 Å². The number of nitrogens with one attached hydrogen (secondary N) is 1. The maximum Gasteiger partial charge on any atom is 0.317 e. The zero-order valence-corrected chi connectivity index (χ0v) is 17.1. The number of carbonyl (C=O) groups excluding carboxylic acids is 1. The Morgan fingerprint density at radius 2 is 2.00 bits per heavy atom. The van der Waals surface area contributed by atoms with E-state index in [1.165, 1.54) is 6.42 Å². The second kappa shape index (κ2) is 9.92. The zero-order chi connectivity index (χ0) is 19.9. The lowest BCUT2D eigenvalue weighted by Crippen LogP contribution is -2.53. The molecule has 2 amide bonds. The van der Waals surface area contributed by atoms with Gasteiger partial charge in [0.1, 0.15) is 5.76 Å². The monoisotopic (exact) mass is 396 g/mol. The lowest BCUT2D eigenvalue weighted by molar-refractivity contribution is 0.133. The molecule has 2 aliphatic heterocycles. The van der Waals surface area contributed by atoms with Crippen molar-refractivity contribution < 1.29 is 9.21 Å². The Bertz CT molecular complexity index is 742. The molecule has 0 spiro atoms. The van der Waals surface area contributed by atoms with Gasteiger partial charge in [0.2, 0.25) is 0 Å². The third-order valence-electron chi connectivity index (χ3n) is 6.22. The van der Waals surface area contributed by atoms with Gasteiger partial charge < -0.3 is 14.6 Å². The second-order valence-corrected chi connectivity index (χ2v) is 8.28. The summed E-state index contributed by atoms with van der Waals surface area (Å²) in [6.45, 7) is 3.72. The van der Waals surface area contributed by atoms with Crippen LogP contribution in [0.25, 0.3) is 0 Å². The van der Waals surface area contributed by atoms with Crippen LogP contribution in [-0.4, -0.2) is 52.5 Å². The van der Waals surface area contributed by atoms with Crippen molar-refractivity contribution in [2.24, 2.45) is 0 Å². The van der Waals surface area contributed by atoms with Crippen molar-refractivity contribution in [2.45, 2.75) is 63.6 Å². The number of likely N-dealkylation sites (tertiary alicyclic amines) is 2. The molecular weight excluding hydrogens is 364 g/mol. The SMILES string of the molecule is O=C(NC1CCN(Cc2ccco2)CC1)N1CCCC[C@@H]1CCc1ccccn1. The molecule has 4 rings (SSSR count). The average Bonchev–Trinajstić information content (AvgIpc) is 3.28. The molecule has 0 bridgehead atoms. The van der Waals surface area contributed by atoms with Crippen molar-refractivity contribution in [1.82, 2.24) is 20.1 Å². The molecule has 2 saturated heterocycles. The molecule has 0 aromatic carbocycles. The molecule has 4 heterocycles. The molecule has 156 valence electrons. The van der Waals surface area contributed by atoms with E-state index in [4.69, 9.17) is 4.42 Å². The van der Waals surface area contributed by atoms with E-state index in [1.807, 2.05) is 30.5 Å². The van der Waals surface area contributed by atoms with E-state index in [0.717, 1.165) is 76.2 Å². The largest absolute Gasteiger partial charge is 0.468 e. The fourth-order valence-electron chi connectivity index (χ4n) is 4.54. The summed E-state index contributed by atoms with van der Waals surface area (Å²) < 4.78 is 5.45. The molecule has 2 aromatic heterocycles. The number of furan rings is 1. The Morgan fingerprint density at radius 3 is 2.76 bits per heavy atom. The first-order chi connectivity index (χ1) is 14.3. The Balaban J connectivity index is 1.24. The highest BCUT2D eigenvalue weighted by molar-refractivity contribution is 5.75. The molecule has 0 unspecified atom stereocenters. The van der Waals surface area contributed by atoms with Gasteiger partial charge in [-0.1, -0.05) is 6.07 Å². The van der Waals surface area contributed by atoms with Crippen LogP contribution in [0.3, 0.4) is 0 Å². The smallest absolute Gasteiger partial charge is 0.317 e. The number of rotatable bonds is 6. The molecule has 0 aliphatic carbocycles. The summed E-state index contributed by atoms with van der Waals surface area (Å²) in [6.07, 6.45) is 10.9. The lowest BCUT2D eigenvalue weighted by Gasteiger charge is -2.38. The molecule has 6 nitrogen and oxygen atoms in total. The quantitative estimate of drug-likeness (QED) is 0.806. The van der Waals surface area contributed by atoms with E-state index >= 15 is 0 Å². The zero-order valence-electron chi connectivity index (χ0n) is 17.1. The molecule has 6 heteroatoms. The third kappa shape index (κ3) is 5.60. The molecule has 2 fully saturated rings. The molecule has 0 saturated carbocycles. The fraction of sp³-hybridized carbons (Fsp3) is 0.565. The van der Waals surface area contributed by atoms with Gasteiger partial charge in [-0.25, -0.2) is 4.79 Å². The van der Waals surface area contributed by atoms with E-state index in [-0.39, 0.29) is 12.1 Å². The van der Waals surface area contributed by atoms with Crippen molar-refractivity contribution in [3.63, 3.8) is 0 Å². The Hall–Kier alpha value is -2.34. The van der Waals surface area contributed by atoms with Crippen LogP contribution in [0.15, 0.2) is 47.2 Å². The molecule has 0 radical (unpaired) electrons. The van der Waals surface area contributed by atoms with Crippen molar-refractivity contribution in [1.29, 1.82) is 0 Å². The van der Waals surface area contributed by atoms with Gasteiger partial charge in [-0.2, -0.15) is 0 Å². The van der Waals surface area contributed by atoms with Crippen molar-refractivity contribution in [3.05, 3.63) is 54.2 Å². The van der Waals surface area contributed by atoms with E-state index in [1.54, 1.807) is 6.26 Å². The van der Waals surface area contributed by atoms with Crippen LogP contribution in [0.4, 0.5) is 4.79 Å². The summed E-state index contributed by atoms with van der Waals surface area (Å²) in [5.41, 5.74) is 1.11. The molecule has 2 aromatic rings. The normalized spacial score (nSPS) is 21.2. The number of aromatic nitrogens is 1. The minimum Gasteiger partial charge on any atom is -0.468 e. The number of nitrogens with zero attached hydrogens (tertiary/aromatic N) is 3. The van der Waals surface area contributed by atoms with Gasteiger partial charge in [-0.15, -0.1) is 0 Å². The first-order valence-corrected chi connectivity index (χ1v) is 11.0. The Kier molecular flexibility index (Phi) is 6.83. The van der Waals surface area contributed by atoms with Gasteiger partial charge in [0.05, 0.1) is 12.8 Å². The minimum absolute atomic E-state index is 0.125. The molecular formula is C23H32N4O2. The van der Waals surface area contributed by atoms with Crippen LogP contribution in [0.1, 0.15) is 50.0 Å². The molecule has 2 aliphatic rings. The highest BCUT2D eigenvalue weighted by Gasteiger charge is 2.29. The maximum atomic E-state index is 13.0. The molecule has 29 heavy (non-hydrogen) atoms. The fourth-order valence-corrected chi connectivity index (χ4v) is 4.54. The summed E-state index contributed by atoms with van der Waals surface area (Å²) in [7, 11) is 0. The van der Waals surface area contributed by atoms with Crippen LogP contribution >= 0.6 is 0 Å². The van der Waals surface area contributed by atoms with E-state index < -0.39 is 0 Å². The summed E-state index contributed by atoms with van der Waals surface area (Å²) in [6, 6.07) is 10.7. The first kappa shape index (κ1) is 20.0. The standard InChI is InChI=1S/C23H32N4O2/c28-23(25-20-11-15-26(16-12-20)18-22-8-5-17-29-22)27-14-4-2-7-21(27)10-9-19-6-1-3-13-24-19/h1,3,5-6,8,13,17,20-21H,2,4,7,9-12,14-16,18H2,(H,25,28)/t21-/m1/s1. The van der Waals surface area contributed by atoms with Crippen LogP contribution in [-0.2, 0) is 13.0 Å². The summed E-state index contributed by atoms with van der Waals surface area (Å²) in [5, 5.41) is 3.32. The third-order valence-corrected chi connectivity index (χ3v) is 6.22. The van der Waals surface area contributed by atoms with E-state index in [9.17, 15) is 4.79 Å². The van der Waals surface area contributed by atoms with Gasteiger partial charge in [-0.05, 0) is 69.2 Å². The number of urea groups is 1. The Labute approximate surface area is 173 Å². The van der Waals surface area contributed by atoms with Gasteiger partial charge in [-0.3, -0.25) is 9.88 Å². The topological polar surface area (TPSA) is 61.6 Å². The average molecular weight is 397 g/mol. The summed E-state index contributed by atoms with van der Waals surface area (Å²) in [4.78, 5) is 21.9. The van der Waals surface area contributed by atoms with Crippen LogP contribution in [0.2, 0.25) is 0 Å². The van der Waals surface area contributed by atoms with E-state index in [2.05, 4.69) is 26.2 Å². The number of carbonyl (C=O) groups is 1. The predicted molar refractivity (Wildman–Crippen MR) is 112 cm³/mol. The van der Waals surface area contributed by atoms with Crippen LogP contribution in [0.5, 0.6) is 0 Å². The van der Waals surface area contributed by atoms with Gasteiger partial charge in [0, 0.05) is 43.6 Å². The van der Waals surface area contributed by atoms with Gasteiger partial charge in [0.15, 0.2) is 0 Å². The lowest BCUT2D eigenvalue weighted by atomic mass is 9.97. The minimum atomic E-state index is 0.125. The highest BCUT2D eigenvalue weighted by Crippen LogP contribution is 2.22. The molecule has 1 N–H and O–H groups in total. The predicted octanol–water partition coefficient (Wildman–Crippen LogP) is 3.84. The maximum absolute atomic E-state index is 13.0. The van der Waals surface area contributed by atoms with Crippen LogP contribution in [0, 0.1) is 0 Å². The number of aryl methyl sites for hydroxylation is 1. The number of amides is 2. The van der Waals surface area contributed by atoms with Gasteiger partial charge >= 0.3 is 6.03 Å².